The largest absolute Gasteiger partial charge is 0.507 e. The van der Waals surface area contributed by atoms with Crippen molar-refractivity contribution in [2.75, 3.05) is 7.05 Å². The Kier molecular flexibility index (Phi) is 30.9. The van der Waals surface area contributed by atoms with E-state index in [1.807, 2.05) is 0 Å². The molecule has 45 heteroatoms. The molecule has 6 aromatic rings. The minimum absolute atomic E-state index is 0.233. The zero-order chi connectivity index (χ0) is 93.5. The number of phenolic OH excluding ortho intramolecular Hbond substituents is 3. The summed E-state index contributed by atoms with van der Waals surface area (Å²) in [6.07, 6.45) is -11.0. The number of nitrogens with one attached hydrogen (secondary N) is 7. The molecule has 0 spiro atoms. The van der Waals surface area contributed by atoms with Crippen molar-refractivity contribution >= 4 is 71.1 Å². The molecule has 6 aliphatic rings. The second kappa shape index (κ2) is 40.7. The van der Waals surface area contributed by atoms with Crippen LogP contribution in [-0.4, -0.2) is 220 Å². The predicted molar refractivity (Wildman–Crippen MR) is 406 cm³/mol. The highest BCUT2D eigenvalue weighted by Gasteiger charge is 2.51. The van der Waals surface area contributed by atoms with Crippen molar-refractivity contribution in [3.8, 4) is 17.2 Å². The number of hydrogen-bond donors (Lipinski definition) is 13. The molecule has 6 fully saturated rings. The maximum Gasteiger partial charge on any atom is 0.348 e. The number of carbonyl (C=O) groups is 12. The lowest BCUT2D eigenvalue weighted by molar-refractivity contribution is -0.178. The molecule has 33 nitrogen and oxygen atoms in total. The molecule has 3 aliphatic heterocycles. The number of amides is 8. The first-order valence-corrected chi connectivity index (χ1v) is 39.5. The molecule has 18 atom stereocenters. The molecule has 0 radical (unpaired) electrons. The molecule has 3 saturated carbocycles. The molecule has 8 amide bonds. The van der Waals surface area contributed by atoms with Crippen molar-refractivity contribution in [1.29, 1.82) is 0 Å². The third-order valence-electron chi connectivity index (χ3n) is 22.2. The summed E-state index contributed by atoms with van der Waals surface area (Å²) in [5, 5.41) is 79.9. The highest BCUT2D eigenvalue weighted by Crippen LogP contribution is 2.40. The summed E-state index contributed by atoms with van der Waals surface area (Å²) in [6.45, 7) is 7.40. The number of ether oxygens (including phenoxy) is 4. The summed E-state index contributed by atoms with van der Waals surface area (Å²) in [6, 6.07) is 3.48. The molecule has 3 unspecified atom stereocenters. The number of likely N-dealkylation sites (N-methyl/N-ethyl adjacent to an activating group) is 1. The Balaban J connectivity index is 0.000000199. The average molecular weight is 1800 g/mol. The van der Waals surface area contributed by atoms with Crippen LogP contribution < -0.4 is 37.2 Å². The zero-order valence-corrected chi connectivity index (χ0v) is 68.0. The summed E-state index contributed by atoms with van der Waals surface area (Å²) in [7, 11) is 1.32. The van der Waals surface area contributed by atoms with Crippen molar-refractivity contribution in [3.63, 3.8) is 0 Å². The number of phenols is 3. The molecular weight excluding hydrogens is 1720 g/mol. The maximum absolute atomic E-state index is 14.6. The fourth-order valence-electron chi connectivity index (χ4n) is 14.2. The van der Waals surface area contributed by atoms with E-state index in [1.54, 1.807) is 0 Å². The summed E-state index contributed by atoms with van der Waals surface area (Å²) < 4.78 is 191. The van der Waals surface area contributed by atoms with E-state index < -0.39 is 310 Å². The number of halogens is 12. The van der Waals surface area contributed by atoms with Gasteiger partial charge in [0.25, 0.3) is 35.6 Å². The molecular formula is C82H85F12N11O22. The summed E-state index contributed by atoms with van der Waals surface area (Å²) >= 11 is 0. The number of cyclic esters (lactones) is 4. The van der Waals surface area contributed by atoms with Crippen LogP contribution >= 0.6 is 0 Å². The number of hydrogen-bond acceptors (Lipinski definition) is 25. The van der Waals surface area contributed by atoms with Crippen molar-refractivity contribution in [2.24, 2.45) is 35.5 Å². The minimum atomic E-state index is -2.10. The Labute approximate surface area is 712 Å². The second-order valence-electron chi connectivity index (χ2n) is 31.3. The molecule has 3 aromatic carbocycles. The molecule has 127 heavy (non-hydrogen) atoms. The number of aliphatic hydroxyl groups excluding tert-OH is 3. The Morgan fingerprint density at radius 2 is 0.701 bits per heavy atom. The van der Waals surface area contributed by atoms with Crippen LogP contribution in [0.2, 0.25) is 0 Å². The monoisotopic (exact) mass is 1800 g/mol. The third-order valence-corrected chi connectivity index (χ3v) is 22.2. The maximum atomic E-state index is 14.6. The third kappa shape index (κ3) is 22.5. The Morgan fingerprint density at radius 3 is 1.04 bits per heavy atom. The van der Waals surface area contributed by atoms with Gasteiger partial charge in [0, 0.05) is 48.9 Å². The Hall–Kier alpha value is -12.8. The van der Waals surface area contributed by atoms with Gasteiger partial charge in [-0.05, 0) is 114 Å². The van der Waals surface area contributed by atoms with E-state index in [0.717, 1.165) is 11.8 Å². The molecule has 3 aromatic heterocycles. The molecule has 3 saturated heterocycles. The Morgan fingerprint density at radius 1 is 0.386 bits per heavy atom. The highest BCUT2D eigenvalue weighted by molar-refractivity contribution is 6.02. The van der Waals surface area contributed by atoms with Crippen molar-refractivity contribution < 1.29 is 160 Å². The first-order chi connectivity index (χ1) is 59.8. The molecule has 3 aliphatic carbocycles. The standard InChI is InChI=1S/C28H30F4N4O7.C27H28F4N4O7.C27H27F4N3O8/c1-11-22(38)16(10-15-18(29)19(30)24(32)35-23(15)31)33-26(40)20(34-25(39)14-6-4-5-7-17(14)37)12(2)43-28(42)21(13-8-9-13)36(3)27(11)41;1-10-21(37)15(9-14-17(28)18(29)23(31)35-22(14)30)32-26(40)19(33-25(39)13-5-3-4-6-16(13)36)11(2)42-27(41)20(12-7-8-12)34-24(10)38;1-10-20(36)15(9-14-17(28)18(29)23(31)34-22(14)30)32-25(38)19(33-24(37)13-5-3-4-6-16(13)35)11(2)41-27(40)21(12-7-8-12)42-26(10)39/h4-7,11-13,16,20-22,37-38H,8-10H2,1-3H3,(H,33,40)(H,34,39);3-6,10-12,15,19-21,36-37H,7-9H2,1-2H3,(H,32,40)(H,33,39)(H,34,38);3-6,10-12,15,19-21,35-36H,7-9H2,1-2H3,(H,32,38)(H,33,37)/t11-,12-,16+,20+,21?,22+;10-,11-,15+,19+,20?,21+;10-,11-,15+,19+,20+,21?/m111/s1. The van der Waals surface area contributed by atoms with Crippen molar-refractivity contribution in [1.82, 2.24) is 57.1 Å². The van der Waals surface area contributed by atoms with Crippen molar-refractivity contribution in [2.45, 2.75) is 190 Å². The number of benzene rings is 3. The number of nitrogens with zero attached hydrogens (tertiary/aromatic N) is 4. The van der Waals surface area contributed by atoms with Crippen molar-refractivity contribution in [3.05, 3.63) is 177 Å². The SMILES string of the molecule is C[C@H]1OC(=O)C(C2CC2)N(C)C(=O)[C@H](C)[C@H](O)[C@H](Cc2c(F)nc(F)c(F)c2F)NC(=O)[C@H]1NC(=O)c1ccccc1O.C[C@H]1OC(=O)C(C2CC2)NC(=O)[C@H](C)[C@H](O)[C@H](Cc2c(F)nc(F)c(F)c2F)NC(=O)[C@H]1NC(=O)c1ccccc1O.C[C@H]1OC(=O)C(C2CC2)OC(=O)[C@H](C)[C@H](O)[C@H](Cc2c(F)nc(F)c(F)c2F)NC(=O)[C@H]1NC(=O)c1ccccc1O. The highest BCUT2D eigenvalue weighted by atomic mass is 19.2. The number of para-hydroxylation sites is 3. The molecule has 12 rings (SSSR count). The van der Waals surface area contributed by atoms with E-state index in [0.29, 0.717) is 38.5 Å². The molecule has 0 bridgehead atoms. The van der Waals surface area contributed by atoms with Gasteiger partial charge >= 0.3 is 23.9 Å². The number of aromatic nitrogens is 3. The lowest BCUT2D eigenvalue weighted by Gasteiger charge is -2.36. The topological polar surface area (TPSA) is 489 Å². The lowest BCUT2D eigenvalue weighted by Crippen LogP contribution is -2.61. The summed E-state index contributed by atoms with van der Waals surface area (Å²) in [4.78, 5) is 167. The van der Waals surface area contributed by atoms with E-state index in [-0.39, 0.29) is 28.5 Å². The van der Waals surface area contributed by atoms with Crippen LogP contribution in [-0.2, 0) is 81.4 Å². The van der Waals surface area contributed by atoms with Gasteiger partial charge in [0.1, 0.15) is 65.8 Å². The van der Waals surface area contributed by atoms with Crippen LogP contribution in [0.5, 0.6) is 17.2 Å². The first-order valence-electron chi connectivity index (χ1n) is 39.5. The van der Waals surface area contributed by atoms with Crippen LogP contribution in [0.4, 0.5) is 52.7 Å². The fraction of sp³-hybridized carbons (Fsp3) is 0.451. The van der Waals surface area contributed by atoms with E-state index in [1.165, 1.54) is 114 Å². The van der Waals surface area contributed by atoms with Gasteiger partial charge in [-0.15, -0.1) is 0 Å². The predicted octanol–water partition coefficient (Wildman–Crippen LogP) is 3.79. The van der Waals surface area contributed by atoms with Crippen LogP contribution in [0, 0.1) is 106 Å². The summed E-state index contributed by atoms with van der Waals surface area (Å²) in [5.41, 5.74) is -4.10. The van der Waals surface area contributed by atoms with Gasteiger partial charge in [-0.3, -0.25) is 43.2 Å². The van der Waals surface area contributed by atoms with Gasteiger partial charge in [-0.2, -0.15) is 54.5 Å². The number of carbonyl (C=O) groups excluding carboxylic acids is 12. The van der Waals surface area contributed by atoms with Gasteiger partial charge in [0.15, 0.2) is 17.5 Å². The number of pyridine rings is 3. The van der Waals surface area contributed by atoms with Gasteiger partial charge in [-0.1, -0.05) is 50.2 Å². The quantitative estimate of drug-likeness (QED) is 0.0301. The molecule has 13 N–H and O–H groups in total. The van der Waals surface area contributed by atoms with Crippen LogP contribution in [0.3, 0.4) is 0 Å². The Bertz CT molecular complexity index is 5040. The first kappa shape index (κ1) is 96.4. The zero-order valence-electron chi connectivity index (χ0n) is 68.0. The van der Waals surface area contributed by atoms with Crippen LogP contribution in [0.25, 0.3) is 0 Å². The smallest absolute Gasteiger partial charge is 0.348 e. The van der Waals surface area contributed by atoms with Gasteiger partial charge in [0.2, 0.25) is 70.9 Å². The van der Waals surface area contributed by atoms with E-state index in [2.05, 4.69) is 52.2 Å². The van der Waals surface area contributed by atoms with Crippen LogP contribution in [0.1, 0.15) is 128 Å². The van der Waals surface area contributed by atoms with Crippen LogP contribution in [0.15, 0.2) is 72.8 Å². The van der Waals surface area contributed by atoms with Gasteiger partial charge in [-0.25, -0.2) is 27.6 Å². The number of aliphatic hydroxyl groups is 3. The fourth-order valence-corrected chi connectivity index (χ4v) is 14.2. The number of rotatable bonds is 15. The number of aromatic hydroxyl groups is 3. The van der Waals surface area contributed by atoms with Gasteiger partial charge in [0.05, 0.1) is 70.9 Å². The normalized spacial score (nSPS) is 27.1. The number of esters is 4. The van der Waals surface area contributed by atoms with E-state index >= 15 is 0 Å². The minimum Gasteiger partial charge on any atom is -0.507 e. The summed E-state index contributed by atoms with van der Waals surface area (Å²) in [5.74, 6) is -41.9. The van der Waals surface area contributed by atoms with E-state index in [9.17, 15) is 141 Å². The van der Waals surface area contributed by atoms with Gasteiger partial charge < -0.3 is 91.7 Å². The second-order valence-corrected chi connectivity index (χ2v) is 31.3. The lowest BCUT2D eigenvalue weighted by atomic mass is 9.90. The van der Waals surface area contributed by atoms with E-state index in [4.69, 9.17) is 18.9 Å². The molecule has 684 valence electrons. The molecule has 6 heterocycles. The average Bonchev–Trinajstić information content (AvgIpc) is 1.76.